The van der Waals surface area contributed by atoms with E-state index in [0.29, 0.717) is 11.1 Å². The highest BCUT2D eigenvalue weighted by atomic mass is 14.2. The number of nitrogens with zero attached hydrogens (tertiary/aromatic N) is 2. The van der Waals surface area contributed by atoms with Gasteiger partial charge < -0.3 is 0 Å². The Hall–Kier alpha value is -4.14. The van der Waals surface area contributed by atoms with Crippen LogP contribution in [0.3, 0.4) is 0 Å². The van der Waals surface area contributed by atoms with Gasteiger partial charge in [0.1, 0.15) is 0 Å². The molecule has 0 heterocycles. The largest absolute Gasteiger partial charge is 0.192 e. The van der Waals surface area contributed by atoms with Gasteiger partial charge in [-0.15, -0.1) is 0 Å². The van der Waals surface area contributed by atoms with E-state index in [4.69, 9.17) is 10.5 Å². The third-order valence-corrected chi connectivity index (χ3v) is 6.34. The molecule has 0 aliphatic heterocycles. The van der Waals surface area contributed by atoms with Crippen LogP contribution in [0.25, 0.3) is 33.4 Å². The Morgan fingerprint density at radius 2 is 1.00 bits per heavy atom. The summed E-state index contributed by atoms with van der Waals surface area (Å²) in [6, 6.07) is 29.5. The van der Waals surface area contributed by atoms with Crippen LogP contribution >= 0.6 is 0 Å². The van der Waals surface area contributed by atoms with Crippen molar-refractivity contribution in [1.29, 1.82) is 10.5 Å². The van der Waals surface area contributed by atoms with Crippen LogP contribution in [0, 0.1) is 43.4 Å². The smallest absolute Gasteiger partial charge is 0.0991 e. The first-order valence-corrected chi connectivity index (χ1v) is 11.2. The van der Waals surface area contributed by atoms with Gasteiger partial charge >= 0.3 is 0 Å². The lowest BCUT2D eigenvalue weighted by molar-refractivity contribution is 1.14. The van der Waals surface area contributed by atoms with Crippen LogP contribution in [0.4, 0.5) is 0 Å². The summed E-state index contributed by atoms with van der Waals surface area (Å²) < 4.78 is 0. The van der Waals surface area contributed by atoms with Gasteiger partial charge in [-0.2, -0.15) is 10.5 Å². The number of nitriles is 2. The summed E-state index contributed by atoms with van der Waals surface area (Å²) in [6.07, 6.45) is 0.939. The Kier molecular flexibility index (Phi) is 6.12. The molecule has 0 atom stereocenters. The van der Waals surface area contributed by atoms with Gasteiger partial charge in [0.15, 0.2) is 0 Å². The lowest BCUT2D eigenvalue weighted by Gasteiger charge is -2.16. The zero-order valence-electron chi connectivity index (χ0n) is 19.5. The molecule has 0 radical (unpaired) electrons. The first kappa shape index (κ1) is 22.1. The average molecular weight is 427 g/mol. The van der Waals surface area contributed by atoms with E-state index in [1.54, 1.807) is 0 Å². The molecule has 0 amide bonds. The number of rotatable bonds is 4. The van der Waals surface area contributed by atoms with Gasteiger partial charge in [0, 0.05) is 0 Å². The summed E-state index contributed by atoms with van der Waals surface area (Å²) >= 11 is 0. The average Bonchev–Trinajstić information content (AvgIpc) is 2.83. The SMILES string of the molecule is CCc1cc(-c2ccc(C#N)cc2C)ccc1-c1ccc(-c2ccc(C#N)cc2C)cc1C. The third-order valence-electron chi connectivity index (χ3n) is 6.34. The standard InChI is InChI=1S/C31H26N2/c1-5-25-17-27(29-11-7-24(19-33)15-21(29)3)9-13-31(25)30-12-8-26(16-22(30)4)28-10-6-23(18-32)14-20(28)2/h6-17H,5H2,1-4H3. The summed E-state index contributed by atoms with van der Waals surface area (Å²) in [5.74, 6) is 0. The highest BCUT2D eigenvalue weighted by molar-refractivity contribution is 5.79. The van der Waals surface area contributed by atoms with E-state index < -0.39 is 0 Å². The molecule has 0 aliphatic carbocycles. The fourth-order valence-electron chi connectivity index (χ4n) is 4.56. The zero-order valence-corrected chi connectivity index (χ0v) is 19.5. The van der Waals surface area contributed by atoms with E-state index in [9.17, 15) is 0 Å². The molecular formula is C31H26N2. The van der Waals surface area contributed by atoms with E-state index in [2.05, 4.69) is 76.2 Å². The van der Waals surface area contributed by atoms with Gasteiger partial charge in [0.2, 0.25) is 0 Å². The predicted octanol–water partition coefficient (Wildman–Crippen LogP) is 7.92. The van der Waals surface area contributed by atoms with Gasteiger partial charge in [-0.05, 0) is 107 Å². The number of hydrogen-bond acceptors (Lipinski definition) is 2. The lowest BCUT2D eigenvalue weighted by Crippen LogP contribution is -1.94. The van der Waals surface area contributed by atoms with Crippen LogP contribution in [0.2, 0.25) is 0 Å². The van der Waals surface area contributed by atoms with Crippen LogP contribution in [-0.2, 0) is 6.42 Å². The molecule has 4 aromatic rings. The molecule has 33 heavy (non-hydrogen) atoms. The molecule has 2 heteroatoms. The Balaban J connectivity index is 1.74. The molecule has 4 aromatic carbocycles. The Morgan fingerprint density at radius 3 is 1.45 bits per heavy atom. The number of aryl methyl sites for hydroxylation is 4. The van der Waals surface area contributed by atoms with Crippen molar-refractivity contribution in [3.8, 4) is 45.5 Å². The molecule has 0 saturated heterocycles. The molecule has 4 rings (SSSR count). The third kappa shape index (κ3) is 4.30. The number of hydrogen-bond donors (Lipinski definition) is 0. The molecule has 0 spiro atoms. The van der Waals surface area contributed by atoms with E-state index >= 15 is 0 Å². The van der Waals surface area contributed by atoms with Crippen molar-refractivity contribution in [3.05, 3.63) is 106 Å². The monoisotopic (exact) mass is 426 g/mol. The summed E-state index contributed by atoms with van der Waals surface area (Å²) in [5.41, 5.74) is 13.3. The molecule has 0 fully saturated rings. The van der Waals surface area contributed by atoms with Gasteiger partial charge in [-0.1, -0.05) is 55.5 Å². The highest BCUT2D eigenvalue weighted by Gasteiger charge is 2.12. The maximum Gasteiger partial charge on any atom is 0.0991 e. The summed E-state index contributed by atoms with van der Waals surface area (Å²) in [4.78, 5) is 0. The maximum absolute atomic E-state index is 9.16. The van der Waals surface area contributed by atoms with Crippen molar-refractivity contribution in [2.75, 3.05) is 0 Å². The molecule has 0 aromatic heterocycles. The Labute approximate surface area is 196 Å². The van der Waals surface area contributed by atoms with Gasteiger partial charge in [-0.3, -0.25) is 0 Å². The second-order valence-corrected chi connectivity index (χ2v) is 8.54. The van der Waals surface area contributed by atoms with Crippen molar-refractivity contribution >= 4 is 0 Å². The molecule has 0 saturated carbocycles. The second kappa shape index (κ2) is 9.15. The first-order valence-electron chi connectivity index (χ1n) is 11.2. The van der Waals surface area contributed by atoms with Crippen molar-refractivity contribution in [3.63, 3.8) is 0 Å². The molecular weight excluding hydrogens is 400 g/mol. The van der Waals surface area contributed by atoms with Gasteiger partial charge in [-0.25, -0.2) is 0 Å². The lowest BCUT2D eigenvalue weighted by atomic mass is 9.88. The van der Waals surface area contributed by atoms with Crippen LogP contribution < -0.4 is 0 Å². The van der Waals surface area contributed by atoms with Gasteiger partial charge in [0.25, 0.3) is 0 Å². The predicted molar refractivity (Wildman–Crippen MR) is 136 cm³/mol. The molecule has 160 valence electrons. The summed E-state index contributed by atoms with van der Waals surface area (Å²) in [5, 5.41) is 18.3. The molecule has 0 unspecified atom stereocenters. The minimum Gasteiger partial charge on any atom is -0.192 e. The number of benzene rings is 4. The van der Waals surface area contributed by atoms with Crippen molar-refractivity contribution in [1.82, 2.24) is 0 Å². The van der Waals surface area contributed by atoms with E-state index in [0.717, 1.165) is 23.1 Å². The second-order valence-electron chi connectivity index (χ2n) is 8.54. The van der Waals surface area contributed by atoms with E-state index in [1.165, 1.54) is 38.9 Å². The Bertz CT molecular complexity index is 1450. The normalized spacial score (nSPS) is 10.5. The quantitative estimate of drug-likeness (QED) is 0.333. The summed E-state index contributed by atoms with van der Waals surface area (Å²) in [7, 11) is 0. The maximum atomic E-state index is 9.16. The van der Waals surface area contributed by atoms with Crippen molar-refractivity contribution < 1.29 is 0 Å². The highest BCUT2D eigenvalue weighted by Crippen LogP contribution is 2.35. The molecule has 2 nitrogen and oxygen atoms in total. The van der Waals surface area contributed by atoms with Crippen LogP contribution in [-0.4, -0.2) is 0 Å². The van der Waals surface area contributed by atoms with E-state index in [-0.39, 0.29) is 0 Å². The van der Waals surface area contributed by atoms with Crippen LogP contribution in [0.5, 0.6) is 0 Å². The summed E-state index contributed by atoms with van der Waals surface area (Å²) in [6.45, 7) is 8.47. The first-order chi connectivity index (χ1) is 15.9. The van der Waals surface area contributed by atoms with Crippen LogP contribution in [0.15, 0.2) is 72.8 Å². The topological polar surface area (TPSA) is 47.6 Å². The van der Waals surface area contributed by atoms with E-state index in [1.807, 2.05) is 36.4 Å². The van der Waals surface area contributed by atoms with Crippen molar-refractivity contribution in [2.24, 2.45) is 0 Å². The minimum atomic E-state index is 0.690. The Morgan fingerprint density at radius 1 is 0.545 bits per heavy atom. The molecule has 0 bridgehead atoms. The zero-order chi connectivity index (χ0) is 23.5. The fraction of sp³-hybridized carbons (Fsp3) is 0.161. The van der Waals surface area contributed by atoms with Gasteiger partial charge in [0.05, 0.1) is 23.3 Å². The molecule has 0 aliphatic rings. The molecule has 0 N–H and O–H groups in total. The fourth-order valence-corrected chi connectivity index (χ4v) is 4.56. The van der Waals surface area contributed by atoms with Crippen LogP contribution in [0.1, 0.15) is 40.3 Å². The van der Waals surface area contributed by atoms with Crippen molar-refractivity contribution in [2.45, 2.75) is 34.1 Å². The minimum absolute atomic E-state index is 0.690.